The van der Waals surface area contributed by atoms with Crippen molar-refractivity contribution < 1.29 is 23.8 Å². The maximum atomic E-state index is 12.8. The number of carbonyl (C=O) groups excluding carboxylic acids is 2. The molecule has 0 heterocycles. The molecule has 9 heteroatoms. The van der Waals surface area contributed by atoms with Gasteiger partial charge in [-0.05, 0) is 59.7 Å². The minimum Gasteiger partial charge on any atom is -0.496 e. The summed E-state index contributed by atoms with van der Waals surface area (Å²) in [6, 6.07) is 23.6. The first-order valence-corrected chi connectivity index (χ1v) is 12.2. The lowest BCUT2D eigenvalue weighted by Crippen LogP contribution is -2.20. The highest BCUT2D eigenvalue weighted by molar-refractivity contribution is 6.32. The molecular weight excluding hydrogens is 506 g/mol. The van der Waals surface area contributed by atoms with Crippen LogP contribution in [0.1, 0.15) is 22.8 Å². The lowest BCUT2D eigenvalue weighted by molar-refractivity contribution is -0.118. The van der Waals surface area contributed by atoms with Crippen LogP contribution in [0.2, 0.25) is 5.02 Å². The van der Waals surface area contributed by atoms with Crippen LogP contribution in [-0.4, -0.2) is 38.4 Å². The standard InChI is InChI=1S/C29H26ClN3O5/c1-3-37-26-14-19(13-24(30)28(26)38-18-27(34)32-22-11-5-4-6-12-22)17-31-33-29(35)23-15-20-9-7-8-10-21(20)16-25(23)36-2/h4-17H,3,18H2,1-2H3,(H,32,34)(H,33,35)/b31-17-. The Bertz CT molecular complexity index is 1470. The summed E-state index contributed by atoms with van der Waals surface area (Å²) < 4.78 is 16.7. The van der Waals surface area contributed by atoms with Crippen LogP contribution >= 0.6 is 11.6 Å². The number of hydrogen-bond donors (Lipinski definition) is 2. The van der Waals surface area contributed by atoms with E-state index >= 15 is 0 Å². The number of carbonyl (C=O) groups is 2. The van der Waals surface area contributed by atoms with Crippen molar-refractivity contribution >= 4 is 46.1 Å². The number of amides is 2. The van der Waals surface area contributed by atoms with E-state index in [1.54, 1.807) is 36.4 Å². The van der Waals surface area contributed by atoms with Gasteiger partial charge in [-0.15, -0.1) is 0 Å². The third-order valence-corrected chi connectivity index (χ3v) is 5.71. The number of nitrogens with zero attached hydrogens (tertiary/aromatic N) is 1. The zero-order valence-electron chi connectivity index (χ0n) is 20.9. The summed E-state index contributed by atoms with van der Waals surface area (Å²) in [6.07, 6.45) is 1.44. The van der Waals surface area contributed by atoms with E-state index in [4.69, 9.17) is 25.8 Å². The molecule has 0 aliphatic carbocycles. The molecule has 8 nitrogen and oxygen atoms in total. The minimum atomic E-state index is -0.427. The van der Waals surface area contributed by atoms with Gasteiger partial charge in [0.1, 0.15) is 5.75 Å². The molecule has 0 aromatic heterocycles. The van der Waals surface area contributed by atoms with Gasteiger partial charge in [0.2, 0.25) is 0 Å². The van der Waals surface area contributed by atoms with Gasteiger partial charge in [-0.1, -0.05) is 54.1 Å². The Kier molecular flexibility index (Phi) is 8.79. The number of fused-ring (bicyclic) bond motifs is 1. The molecule has 4 aromatic carbocycles. The number of hydrogen-bond acceptors (Lipinski definition) is 6. The molecule has 194 valence electrons. The molecule has 2 amide bonds. The molecule has 4 aromatic rings. The van der Waals surface area contributed by atoms with Crippen LogP contribution in [0.25, 0.3) is 10.8 Å². The van der Waals surface area contributed by atoms with Crippen LogP contribution in [0, 0.1) is 0 Å². The number of ether oxygens (including phenoxy) is 3. The van der Waals surface area contributed by atoms with Crippen molar-refractivity contribution in [1.82, 2.24) is 5.43 Å². The minimum absolute atomic E-state index is 0.229. The second kappa shape index (κ2) is 12.6. The molecule has 0 spiro atoms. The van der Waals surface area contributed by atoms with Crippen molar-refractivity contribution in [2.45, 2.75) is 6.92 Å². The molecule has 0 saturated heterocycles. The molecule has 0 atom stereocenters. The van der Waals surface area contributed by atoms with E-state index in [0.29, 0.717) is 34.9 Å². The van der Waals surface area contributed by atoms with E-state index in [1.165, 1.54) is 13.3 Å². The molecule has 0 unspecified atom stereocenters. The van der Waals surface area contributed by atoms with Gasteiger partial charge in [0, 0.05) is 5.69 Å². The lowest BCUT2D eigenvalue weighted by atomic mass is 10.1. The Hall–Kier alpha value is -4.56. The first-order chi connectivity index (χ1) is 18.5. The summed E-state index contributed by atoms with van der Waals surface area (Å²) in [7, 11) is 1.51. The quantitative estimate of drug-likeness (QED) is 0.202. The monoisotopic (exact) mass is 531 g/mol. The fourth-order valence-electron chi connectivity index (χ4n) is 3.71. The first-order valence-electron chi connectivity index (χ1n) is 11.8. The van der Waals surface area contributed by atoms with E-state index in [0.717, 1.165) is 10.8 Å². The fraction of sp³-hybridized carbons (Fsp3) is 0.138. The van der Waals surface area contributed by atoms with Crippen molar-refractivity contribution in [3.63, 3.8) is 0 Å². The highest BCUT2D eigenvalue weighted by atomic mass is 35.5. The zero-order chi connectivity index (χ0) is 26.9. The highest BCUT2D eigenvalue weighted by Crippen LogP contribution is 2.36. The molecule has 0 bridgehead atoms. The van der Waals surface area contributed by atoms with Gasteiger partial charge in [0.25, 0.3) is 11.8 Å². The highest BCUT2D eigenvalue weighted by Gasteiger charge is 2.15. The molecule has 0 saturated carbocycles. The summed E-state index contributed by atoms with van der Waals surface area (Å²) >= 11 is 6.44. The number of methoxy groups -OCH3 is 1. The van der Waals surface area contributed by atoms with Crippen molar-refractivity contribution in [3.8, 4) is 17.2 Å². The third kappa shape index (κ3) is 6.60. The number of nitrogens with one attached hydrogen (secondary N) is 2. The number of hydrazone groups is 1. The van der Waals surface area contributed by atoms with Gasteiger partial charge in [-0.25, -0.2) is 5.43 Å². The molecule has 2 N–H and O–H groups in total. The number of para-hydroxylation sites is 1. The van der Waals surface area contributed by atoms with E-state index < -0.39 is 5.91 Å². The summed E-state index contributed by atoms with van der Waals surface area (Å²) in [5.74, 6) is 0.253. The maximum absolute atomic E-state index is 12.8. The lowest BCUT2D eigenvalue weighted by Gasteiger charge is -2.14. The number of rotatable bonds is 10. The molecular formula is C29H26ClN3O5. The summed E-state index contributed by atoms with van der Waals surface area (Å²) in [4.78, 5) is 25.1. The van der Waals surface area contributed by atoms with Crippen molar-refractivity contribution in [2.75, 3.05) is 25.6 Å². The smallest absolute Gasteiger partial charge is 0.275 e. The van der Waals surface area contributed by atoms with E-state index in [1.807, 2.05) is 49.4 Å². The van der Waals surface area contributed by atoms with Gasteiger partial charge in [-0.2, -0.15) is 5.10 Å². The Labute approximate surface area is 225 Å². The topological polar surface area (TPSA) is 98.2 Å². The predicted molar refractivity (Wildman–Crippen MR) is 149 cm³/mol. The fourth-order valence-corrected chi connectivity index (χ4v) is 3.99. The molecule has 38 heavy (non-hydrogen) atoms. The molecule has 4 rings (SSSR count). The second-order valence-corrected chi connectivity index (χ2v) is 8.47. The third-order valence-electron chi connectivity index (χ3n) is 5.43. The zero-order valence-corrected chi connectivity index (χ0v) is 21.6. The number of anilines is 1. The van der Waals surface area contributed by atoms with Gasteiger partial charge >= 0.3 is 0 Å². The van der Waals surface area contributed by atoms with Crippen LogP contribution < -0.4 is 25.0 Å². The van der Waals surface area contributed by atoms with E-state index in [-0.39, 0.29) is 23.3 Å². The SMILES string of the molecule is CCOc1cc(/C=N\NC(=O)c2cc3ccccc3cc2OC)cc(Cl)c1OCC(=O)Nc1ccccc1. The van der Waals surface area contributed by atoms with Crippen LogP contribution in [0.4, 0.5) is 5.69 Å². The van der Waals surface area contributed by atoms with Gasteiger partial charge < -0.3 is 19.5 Å². The van der Waals surface area contributed by atoms with Crippen molar-refractivity contribution in [1.29, 1.82) is 0 Å². The number of halogens is 1. The van der Waals surface area contributed by atoms with Gasteiger partial charge in [-0.3, -0.25) is 9.59 Å². The Balaban J connectivity index is 1.45. The first kappa shape index (κ1) is 26.5. The predicted octanol–water partition coefficient (Wildman–Crippen LogP) is 5.68. The van der Waals surface area contributed by atoms with Crippen LogP contribution in [0.3, 0.4) is 0 Å². The van der Waals surface area contributed by atoms with Crippen molar-refractivity contribution in [2.24, 2.45) is 5.10 Å². The van der Waals surface area contributed by atoms with Crippen LogP contribution in [0.5, 0.6) is 17.2 Å². The van der Waals surface area contributed by atoms with E-state index in [2.05, 4.69) is 15.8 Å². The summed E-state index contributed by atoms with van der Waals surface area (Å²) in [6.45, 7) is 1.91. The van der Waals surface area contributed by atoms with Crippen LogP contribution in [0.15, 0.2) is 84.0 Å². The Morgan fingerprint density at radius 1 is 0.921 bits per heavy atom. The normalized spacial score (nSPS) is 10.8. The Morgan fingerprint density at radius 3 is 2.34 bits per heavy atom. The summed E-state index contributed by atoms with van der Waals surface area (Å²) in [5, 5.41) is 8.91. The average Bonchev–Trinajstić information content (AvgIpc) is 2.92. The summed E-state index contributed by atoms with van der Waals surface area (Å²) in [5.41, 5.74) is 4.09. The second-order valence-electron chi connectivity index (χ2n) is 8.06. The number of benzene rings is 4. The maximum Gasteiger partial charge on any atom is 0.275 e. The molecule has 0 aliphatic rings. The largest absolute Gasteiger partial charge is 0.496 e. The molecule has 0 fully saturated rings. The molecule has 0 radical (unpaired) electrons. The van der Waals surface area contributed by atoms with Crippen LogP contribution in [-0.2, 0) is 4.79 Å². The van der Waals surface area contributed by atoms with Gasteiger partial charge in [0.15, 0.2) is 18.1 Å². The van der Waals surface area contributed by atoms with E-state index in [9.17, 15) is 9.59 Å². The molecule has 0 aliphatic heterocycles. The average molecular weight is 532 g/mol. The van der Waals surface area contributed by atoms with Gasteiger partial charge in [0.05, 0.1) is 30.5 Å². The Morgan fingerprint density at radius 2 is 1.63 bits per heavy atom. The van der Waals surface area contributed by atoms with Crippen molar-refractivity contribution in [3.05, 3.63) is 95.0 Å².